The molecule has 1 heterocycles. The van der Waals surface area contributed by atoms with Gasteiger partial charge in [0.2, 0.25) is 5.16 Å². The molecule has 166 valence electrons. The summed E-state index contributed by atoms with van der Waals surface area (Å²) in [5.41, 5.74) is 1.25. The van der Waals surface area contributed by atoms with E-state index in [0.29, 0.717) is 34.2 Å². The summed E-state index contributed by atoms with van der Waals surface area (Å²) in [6.07, 6.45) is 1.46. The van der Waals surface area contributed by atoms with Crippen molar-refractivity contribution >= 4 is 29.8 Å². The second kappa shape index (κ2) is 10.4. The van der Waals surface area contributed by atoms with E-state index >= 15 is 0 Å². The van der Waals surface area contributed by atoms with Gasteiger partial charge in [-0.3, -0.25) is 5.10 Å². The fourth-order valence-corrected chi connectivity index (χ4v) is 3.26. The molecule has 0 amide bonds. The Morgan fingerprint density at radius 3 is 2.25 bits per heavy atom. The molecular weight excluding hydrogens is 438 g/mol. The van der Waals surface area contributed by atoms with Crippen LogP contribution in [0.4, 0.5) is 0 Å². The fraction of sp³-hybridized carbons (Fsp3) is 0.143. The molecule has 11 heteroatoms. The highest BCUT2D eigenvalue weighted by atomic mass is 32.2. The van der Waals surface area contributed by atoms with Gasteiger partial charge in [-0.15, -0.1) is 5.10 Å². The molecule has 0 saturated carbocycles. The summed E-state index contributed by atoms with van der Waals surface area (Å²) >= 11 is 0.882. The second-order valence-corrected chi connectivity index (χ2v) is 7.24. The van der Waals surface area contributed by atoms with E-state index in [2.05, 4.69) is 15.2 Å². The van der Waals surface area contributed by atoms with Crippen molar-refractivity contribution in [1.82, 2.24) is 15.2 Å². The number of carboxylic acid groups (broad SMARTS) is 2. The van der Waals surface area contributed by atoms with Crippen molar-refractivity contribution in [2.45, 2.75) is 5.16 Å². The van der Waals surface area contributed by atoms with Crippen LogP contribution in [0.15, 0.2) is 52.5 Å². The number of aromatic amines is 1. The van der Waals surface area contributed by atoms with Gasteiger partial charge in [0, 0.05) is 11.6 Å². The highest BCUT2D eigenvalue weighted by molar-refractivity contribution is 8.04. The number of aliphatic carboxylic acids is 2. The number of H-pyrrole nitrogens is 1. The van der Waals surface area contributed by atoms with Gasteiger partial charge < -0.3 is 24.4 Å². The molecule has 3 N–H and O–H groups in total. The Balaban J connectivity index is 1.78. The summed E-state index contributed by atoms with van der Waals surface area (Å²) in [5.74, 6) is -0.290. The zero-order valence-corrected chi connectivity index (χ0v) is 17.9. The Hall–Kier alpha value is -3.99. The van der Waals surface area contributed by atoms with Crippen molar-refractivity contribution in [3.05, 3.63) is 52.9 Å². The van der Waals surface area contributed by atoms with Crippen LogP contribution >= 0.6 is 11.8 Å². The molecule has 10 nitrogen and oxygen atoms in total. The average molecular weight is 457 g/mol. The first kappa shape index (κ1) is 22.7. The van der Waals surface area contributed by atoms with E-state index in [9.17, 15) is 14.7 Å². The van der Waals surface area contributed by atoms with Crippen molar-refractivity contribution in [2.75, 3.05) is 20.8 Å². The van der Waals surface area contributed by atoms with Crippen molar-refractivity contribution < 1.29 is 34.0 Å². The van der Waals surface area contributed by atoms with E-state index in [-0.39, 0.29) is 10.1 Å². The molecule has 0 spiro atoms. The van der Waals surface area contributed by atoms with Crippen LogP contribution in [0.3, 0.4) is 0 Å². The predicted molar refractivity (Wildman–Crippen MR) is 116 cm³/mol. The van der Waals surface area contributed by atoms with Gasteiger partial charge in [-0.05, 0) is 47.7 Å². The topological polar surface area (TPSA) is 144 Å². The third-order valence-corrected chi connectivity index (χ3v) is 4.92. The summed E-state index contributed by atoms with van der Waals surface area (Å²) in [6.45, 7) is -0.461. The summed E-state index contributed by atoms with van der Waals surface area (Å²) in [7, 11) is 3.07. The van der Waals surface area contributed by atoms with E-state index in [0.717, 1.165) is 11.8 Å². The lowest BCUT2D eigenvalue weighted by Crippen LogP contribution is -2.09. The van der Waals surface area contributed by atoms with Crippen LogP contribution in [0, 0.1) is 0 Å². The summed E-state index contributed by atoms with van der Waals surface area (Å²) < 4.78 is 15.6. The van der Waals surface area contributed by atoms with Crippen LogP contribution in [-0.4, -0.2) is 58.2 Å². The van der Waals surface area contributed by atoms with E-state index in [1.54, 1.807) is 42.5 Å². The van der Waals surface area contributed by atoms with Gasteiger partial charge in [-0.1, -0.05) is 12.1 Å². The van der Waals surface area contributed by atoms with Gasteiger partial charge in [0.05, 0.1) is 14.2 Å². The molecule has 0 aliphatic carbocycles. The minimum absolute atomic E-state index is 0.00187. The van der Waals surface area contributed by atoms with Gasteiger partial charge >= 0.3 is 11.9 Å². The third kappa shape index (κ3) is 6.01. The number of hydrogen-bond donors (Lipinski definition) is 3. The van der Waals surface area contributed by atoms with Crippen molar-refractivity contribution in [3.8, 4) is 28.6 Å². The highest BCUT2D eigenvalue weighted by Gasteiger charge is 2.15. The molecule has 0 radical (unpaired) electrons. The number of carboxylic acids is 2. The Morgan fingerprint density at radius 1 is 1.03 bits per heavy atom. The standard InChI is InChI=1S/C21H19N3O7S/c1-29-15-8-13(9-16(10-15)30-2)19-22-21(24-23-19)32-17(20(27)28)7-12-3-5-14(6-4-12)31-11-18(25)26/h3-10H,11H2,1-2H3,(H,25,26)(H,27,28)(H,22,23,24)/b17-7-. The average Bonchev–Trinajstić information content (AvgIpc) is 3.26. The summed E-state index contributed by atoms with van der Waals surface area (Å²) in [4.78, 5) is 26.6. The highest BCUT2D eigenvalue weighted by Crippen LogP contribution is 2.31. The first-order valence-corrected chi connectivity index (χ1v) is 9.93. The fourth-order valence-electron chi connectivity index (χ4n) is 2.56. The number of methoxy groups -OCH3 is 2. The number of benzene rings is 2. The van der Waals surface area contributed by atoms with Crippen molar-refractivity contribution in [2.24, 2.45) is 0 Å². The number of thioether (sulfide) groups is 1. The molecule has 2 aromatic carbocycles. The lowest BCUT2D eigenvalue weighted by molar-refractivity contribution is -0.139. The smallest absolute Gasteiger partial charge is 0.342 e. The molecular formula is C21H19N3O7S. The van der Waals surface area contributed by atoms with Crippen molar-refractivity contribution in [3.63, 3.8) is 0 Å². The molecule has 32 heavy (non-hydrogen) atoms. The maximum atomic E-state index is 11.7. The minimum Gasteiger partial charge on any atom is -0.497 e. The lowest BCUT2D eigenvalue weighted by atomic mass is 10.2. The van der Waals surface area contributed by atoms with E-state index in [1.807, 2.05) is 0 Å². The SMILES string of the molecule is COc1cc(OC)cc(-c2nc(S/C(=C\c3ccc(OCC(=O)O)cc3)C(=O)O)n[nH]2)c1. The normalized spacial score (nSPS) is 11.1. The van der Waals surface area contributed by atoms with Gasteiger partial charge in [-0.2, -0.15) is 0 Å². The van der Waals surface area contributed by atoms with E-state index in [1.165, 1.54) is 20.3 Å². The number of nitrogens with one attached hydrogen (secondary N) is 1. The van der Waals surface area contributed by atoms with Gasteiger partial charge in [-0.25, -0.2) is 14.6 Å². The maximum Gasteiger partial charge on any atom is 0.342 e. The number of aromatic nitrogens is 3. The molecule has 0 aliphatic rings. The quantitative estimate of drug-likeness (QED) is 0.307. The maximum absolute atomic E-state index is 11.7. The van der Waals surface area contributed by atoms with Gasteiger partial charge in [0.1, 0.15) is 22.2 Å². The Bertz CT molecular complexity index is 1120. The number of nitrogens with zero attached hydrogens (tertiary/aromatic N) is 2. The first-order valence-electron chi connectivity index (χ1n) is 9.11. The van der Waals surface area contributed by atoms with Crippen LogP contribution in [0.1, 0.15) is 5.56 Å². The molecule has 0 saturated heterocycles. The third-order valence-electron chi connectivity index (χ3n) is 4.04. The minimum atomic E-state index is -1.14. The van der Waals surface area contributed by atoms with Crippen LogP contribution in [0.5, 0.6) is 17.2 Å². The predicted octanol–water partition coefficient (Wildman–Crippen LogP) is 3.17. The van der Waals surface area contributed by atoms with E-state index < -0.39 is 18.5 Å². The lowest BCUT2D eigenvalue weighted by Gasteiger charge is -2.06. The number of rotatable bonds is 10. The molecule has 0 fully saturated rings. The van der Waals surface area contributed by atoms with Crippen LogP contribution < -0.4 is 14.2 Å². The number of carbonyl (C=O) groups is 2. The number of hydrogen-bond acceptors (Lipinski definition) is 8. The molecule has 3 aromatic rings. The Morgan fingerprint density at radius 2 is 1.69 bits per heavy atom. The Labute approximate surface area is 186 Å². The zero-order valence-electron chi connectivity index (χ0n) is 17.1. The Kier molecular flexibility index (Phi) is 7.34. The van der Waals surface area contributed by atoms with Crippen LogP contribution in [-0.2, 0) is 9.59 Å². The molecule has 0 atom stereocenters. The van der Waals surface area contributed by atoms with Crippen molar-refractivity contribution in [1.29, 1.82) is 0 Å². The molecule has 3 rings (SSSR count). The molecule has 0 aliphatic heterocycles. The monoisotopic (exact) mass is 457 g/mol. The van der Waals surface area contributed by atoms with Crippen LogP contribution in [0.2, 0.25) is 0 Å². The molecule has 0 bridgehead atoms. The van der Waals surface area contributed by atoms with Gasteiger partial charge in [0.15, 0.2) is 12.4 Å². The summed E-state index contributed by atoms with van der Waals surface area (Å²) in [5, 5.41) is 25.3. The largest absolute Gasteiger partial charge is 0.497 e. The number of ether oxygens (including phenoxy) is 3. The second-order valence-electron chi connectivity index (χ2n) is 6.24. The van der Waals surface area contributed by atoms with E-state index in [4.69, 9.17) is 19.3 Å². The molecule has 0 unspecified atom stereocenters. The van der Waals surface area contributed by atoms with Crippen LogP contribution in [0.25, 0.3) is 17.5 Å². The molecule has 1 aromatic heterocycles. The van der Waals surface area contributed by atoms with Gasteiger partial charge in [0.25, 0.3) is 0 Å². The summed E-state index contributed by atoms with van der Waals surface area (Å²) in [6, 6.07) is 11.6. The zero-order chi connectivity index (χ0) is 23.1. The first-order chi connectivity index (χ1) is 15.4.